The second-order valence-corrected chi connectivity index (χ2v) is 17.7. The third kappa shape index (κ3) is 6.86. The van der Waals surface area contributed by atoms with Crippen LogP contribution in [0.4, 0.5) is 32.2 Å². The van der Waals surface area contributed by atoms with Crippen LogP contribution in [0.15, 0.2) is 53.3 Å². The van der Waals surface area contributed by atoms with E-state index in [-0.39, 0.29) is 61.7 Å². The molecule has 3 atom stereocenters. The minimum atomic E-state index is -3.91. The van der Waals surface area contributed by atoms with Crippen molar-refractivity contribution in [2.45, 2.75) is 57.5 Å². The molecule has 0 radical (unpaired) electrons. The molecular formula is C40H33ClF6N10O4S. The highest BCUT2D eigenvalue weighted by Crippen LogP contribution is 2.68. The number of anilines is 1. The first-order valence-electron chi connectivity index (χ1n) is 18.9. The van der Waals surface area contributed by atoms with Gasteiger partial charge in [-0.25, -0.2) is 31.0 Å². The van der Waals surface area contributed by atoms with Gasteiger partial charge in [0.05, 0.1) is 50.5 Å². The maximum Gasteiger partial charge on any atom is 0.293 e. The number of benzene rings is 3. The fraction of sp³-hybridized carbons (Fsp3) is 0.300. The van der Waals surface area contributed by atoms with E-state index >= 15 is 13.6 Å². The van der Waals surface area contributed by atoms with E-state index in [2.05, 4.69) is 30.4 Å². The summed E-state index contributed by atoms with van der Waals surface area (Å²) in [6.07, 6.45) is -2.76. The summed E-state index contributed by atoms with van der Waals surface area (Å²) < 4.78 is 119. The van der Waals surface area contributed by atoms with Gasteiger partial charge >= 0.3 is 0 Å². The molecule has 1 fully saturated rings. The van der Waals surface area contributed by atoms with Gasteiger partial charge in [0.2, 0.25) is 15.9 Å². The summed E-state index contributed by atoms with van der Waals surface area (Å²) in [7, 11) is -2.45. The molecule has 0 spiro atoms. The summed E-state index contributed by atoms with van der Waals surface area (Å²) >= 11 is 6.63. The lowest BCUT2D eigenvalue weighted by Crippen LogP contribution is -2.38. The third-order valence-electron chi connectivity index (χ3n) is 11.2. The molecule has 1 saturated carbocycles. The van der Waals surface area contributed by atoms with Gasteiger partial charge < -0.3 is 5.32 Å². The Morgan fingerprint density at radius 2 is 1.79 bits per heavy atom. The van der Waals surface area contributed by atoms with E-state index < -0.39 is 87.7 Å². The smallest absolute Gasteiger partial charge is 0.293 e. The number of aromatic amines is 1. The molecule has 9 rings (SSSR count). The Bertz CT molecular complexity index is 3180. The predicted molar refractivity (Wildman–Crippen MR) is 215 cm³/mol. The van der Waals surface area contributed by atoms with Crippen LogP contribution in [0.2, 0.25) is 5.02 Å². The molecule has 2 unspecified atom stereocenters. The van der Waals surface area contributed by atoms with Crippen molar-refractivity contribution >= 4 is 55.2 Å². The second kappa shape index (κ2) is 14.4. The van der Waals surface area contributed by atoms with Crippen LogP contribution < -0.4 is 15.6 Å². The number of aryl methyl sites for hydroxylation is 3. The molecule has 14 nitrogen and oxygen atoms in total. The summed E-state index contributed by atoms with van der Waals surface area (Å²) in [6.45, 7) is 2.59. The van der Waals surface area contributed by atoms with Gasteiger partial charge in [-0.15, -0.1) is 0 Å². The number of H-pyrrole nitrogens is 1. The Morgan fingerprint density at radius 3 is 2.45 bits per heavy atom. The highest BCUT2D eigenvalue weighted by molar-refractivity contribution is 7.92. The Labute approximate surface area is 351 Å². The molecule has 62 heavy (non-hydrogen) atoms. The maximum atomic E-state index is 15.5. The van der Waals surface area contributed by atoms with Crippen LogP contribution in [0.5, 0.6) is 0 Å². The number of nitrogens with zero attached hydrogens (tertiary/aromatic N) is 7. The van der Waals surface area contributed by atoms with Crippen LogP contribution >= 0.6 is 11.6 Å². The van der Waals surface area contributed by atoms with E-state index in [9.17, 15) is 30.8 Å². The van der Waals surface area contributed by atoms with Crippen LogP contribution in [-0.4, -0.2) is 59.9 Å². The summed E-state index contributed by atoms with van der Waals surface area (Å²) in [5, 5.41) is 18.1. The lowest BCUT2D eigenvalue weighted by molar-refractivity contribution is -0.123. The fourth-order valence-electron chi connectivity index (χ4n) is 8.71. The highest BCUT2D eigenvalue weighted by atomic mass is 35.5. The second-order valence-electron chi connectivity index (χ2n) is 15.6. The zero-order valence-corrected chi connectivity index (χ0v) is 34.4. The number of sulfonamides is 1. The van der Waals surface area contributed by atoms with Gasteiger partial charge in [0, 0.05) is 42.3 Å². The zero-order chi connectivity index (χ0) is 44.3. The number of aromatic nitrogens is 8. The third-order valence-corrected chi connectivity index (χ3v) is 12.1. The van der Waals surface area contributed by atoms with Gasteiger partial charge in [0.25, 0.3) is 17.9 Å². The number of hydrogen-bond donors (Lipinski definition) is 3. The zero-order valence-electron chi connectivity index (χ0n) is 32.9. The number of halogens is 7. The number of rotatable bonds is 11. The van der Waals surface area contributed by atoms with Crippen LogP contribution in [0.3, 0.4) is 0 Å². The van der Waals surface area contributed by atoms with Gasteiger partial charge in [-0.05, 0) is 73.7 Å². The number of carbonyl (C=O) groups is 1. The van der Waals surface area contributed by atoms with Gasteiger partial charge in [-0.3, -0.25) is 33.3 Å². The van der Waals surface area contributed by atoms with Gasteiger partial charge in [-0.1, -0.05) is 17.7 Å². The Morgan fingerprint density at radius 1 is 1.06 bits per heavy atom. The summed E-state index contributed by atoms with van der Waals surface area (Å²) in [4.78, 5) is 34.1. The van der Waals surface area contributed by atoms with Crippen molar-refractivity contribution in [3.8, 4) is 16.8 Å². The molecular weight excluding hydrogens is 866 g/mol. The van der Waals surface area contributed by atoms with Crippen molar-refractivity contribution in [1.29, 1.82) is 0 Å². The van der Waals surface area contributed by atoms with E-state index in [0.29, 0.717) is 33.3 Å². The molecule has 22 heteroatoms. The molecule has 4 heterocycles. The average molecular weight is 899 g/mol. The molecule has 322 valence electrons. The van der Waals surface area contributed by atoms with Crippen LogP contribution in [0, 0.1) is 31.4 Å². The number of alkyl halides is 4. The van der Waals surface area contributed by atoms with E-state index in [1.54, 1.807) is 26.0 Å². The Hall–Kier alpha value is -6.22. The fourth-order valence-corrected chi connectivity index (χ4v) is 9.45. The maximum absolute atomic E-state index is 15.5. The number of fused-ring (bicyclic) bond motifs is 5. The van der Waals surface area contributed by atoms with E-state index in [0.717, 1.165) is 23.0 Å². The van der Waals surface area contributed by atoms with Gasteiger partial charge in [0.1, 0.15) is 35.4 Å². The number of amides is 1. The largest absolute Gasteiger partial charge is 0.344 e. The van der Waals surface area contributed by atoms with E-state index in [1.807, 2.05) is 0 Å². The Kier molecular flexibility index (Phi) is 9.58. The van der Waals surface area contributed by atoms with E-state index in [1.165, 1.54) is 29.9 Å². The molecule has 0 bridgehead atoms. The SMILES string of the molecule is Cc1n[nH]c(C)c1-c1ccc2c(=O)n(-c3ccc(Cl)c4c(NS(C)(=O)=O)nn(C)c34)c([C@H](Cc3cc(F)cc(F)c3)NC(=O)Cn3nc(C(F)F)c4c3C(F)(F)C3CC43)nc2c1. The van der Waals surface area contributed by atoms with Gasteiger partial charge in [-0.2, -0.15) is 24.1 Å². The highest BCUT2D eigenvalue weighted by Gasteiger charge is 2.67. The van der Waals surface area contributed by atoms with Crippen LogP contribution in [-0.2, 0) is 40.8 Å². The topological polar surface area (TPSA) is 174 Å². The standard InChI is InChI=1S/C40H33ClF6N10O4S/c1-16-30(17(2)51-50-16)19-5-6-22-26(12-19)49-38(57(39(22)59)28-8-7-25(41)32-34(28)55(3)53-37(32)54-62(4,60)61)27(11-18-9-20(42)13-21(43)10-18)48-29(58)15-56-35-31(33(52-56)36(44)45)23-14-24(23)40(35,46)47/h5-10,12-13,23-24,27,36H,11,14-15H2,1-4H3,(H,48,58)(H,50,51)(H,53,54)/t23?,24?,27-/m0/s1. The van der Waals surface area contributed by atoms with Crippen molar-refractivity contribution in [3.63, 3.8) is 0 Å². The van der Waals surface area contributed by atoms with E-state index in [4.69, 9.17) is 16.6 Å². The average Bonchev–Trinajstić information content (AvgIpc) is 3.53. The van der Waals surface area contributed by atoms with Gasteiger partial charge in [0.15, 0.2) is 5.82 Å². The van der Waals surface area contributed by atoms with Crippen LogP contribution in [0.25, 0.3) is 38.6 Å². The Balaban J connectivity index is 1.27. The summed E-state index contributed by atoms with van der Waals surface area (Å²) in [6, 6.07) is 8.71. The number of carbonyl (C=O) groups excluding carboxylic acids is 1. The first kappa shape index (κ1) is 41.1. The van der Waals surface area contributed by atoms with Crippen molar-refractivity contribution in [1.82, 2.24) is 44.6 Å². The molecule has 2 aliphatic carbocycles. The summed E-state index contributed by atoms with van der Waals surface area (Å²) in [5.74, 6) is -9.00. The molecule has 2 aliphatic rings. The predicted octanol–water partition coefficient (Wildman–Crippen LogP) is 7.03. The lowest BCUT2D eigenvalue weighted by atomic mass is 10.0. The minimum absolute atomic E-state index is 0.00305. The normalized spacial score (nSPS) is 17.2. The molecule has 1 amide bonds. The molecule has 4 aromatic heterocycles. The van der Waals surface area contributed by atoms with Crippen LogP contribution in [0.1, 0.15) is 64.5 Å². The van der Waals surface area contributed by atoms with Crippen molar-refractivity contribution in [2.75, 3.05) is 11.0 Å². The number of nitrogens with one attached hydrogen (secondary N) is 3. The molecule has 3 N–H and O–H groups in total. The lowest BCUT2D eigenvalue weighted by Gasteiger charge is -2.24. The first-order chi connectivity index (χ1) is 29.2. The first-order valence-corrected chi connectivity index (χ1v) is 21.2. The van der Waals surface area contributed by atoms with Crippen molar-refractivity contribution in [2.24, 2.45) is 13.0 Å². The van der Waals surface area contributed by atoms with Crippen molar-refractivity contribution < 1.29 is 39.6 Å². The molecule has 3 aromatic carbocycles. The molecule has 7 aromatic rings. The van der Waals surface area contributed by atoms with Crippen molar-refractivity contribution in [3.05, 3.63) is 115 Å². The monoisotopic (exact) mass is 898 g/mol. The molecule has 0 saturated heterocycles. The quantitative estimate of drug-likeness (QED) is 0.116. The number of hydrogen-bond acceptors (Lipinski definition) is 8. The summed E-state index contributed by atoms with van der Waals surface area (Å²) in [5.41, 5.74) is 0.214. The molecule has 0 aliphatic heterocycles. The minimum Gasteiger partial charge on any atom is -0.344 e.